The molecule has 0 fully saturated rings. The van der Waals surface area contributed by atoms with E-state index < -0.39 is 0 Å². The zero-order valence-corrected chi connectivity index (χ0v) is 15.3. The minimum Gasteiger partial charge on any atom is -0.508 e. The summed E-state index contributed by atoms with van der Waals surface area (Å²) in [6, 6.07) is 9.21. The average Bonchev–Trinajstić information content (AvgIpc) is 3.15. The Kier molecular flexibility index (Phi) is 3.39. The second-order valence-electron chi connectivity index (χ2n) is 6.21. The van der Waals surface area contributed by atoms with Crippen LogP contribution in [0, 0.1) is 0 Å². The summed E-state index contributed by atoms with van der Waals surface area (Å²) < 4.78 is 0.897. The predicted molar refractivity (Wildman–Crippen MR) is 104 cm³/mol. The van der Waals surface area contributed by atoms with Crippen LogP contribution >= 0.6 is 34.5 Å². The second kappa shape index (κ2) is 5.53. The molecule has 0 radical (unpaired) electrons. The van der Waals surface area contributed by atoms with E-state index in [1.165, 1.54) is 22.7 Å². The van der Waals surface area contributed by atoms with Crippen molar-refractivity contribution >= 4 is 60.8 Å². The van der Waals surface area contributed by atoms with E-state index >= 15 is 0 Å². The van der Waals surface area contributed by atoms with Crippen LogP contribution in [0.4, 0.5) is 5.13 Å². The van der Waals surface area contributed by atoms with E-state index in [0.29, 0.717) is 5.02 Å². The van der Waals surface area contributed by atoms with Crippen molar-refractivity contribution in [2.75, 3.05) is 11.4 Å². The number of H-pyrrole nitrogens is 1. The number of phenols is 1. The fourth-order valence-electron chi connectivity index (χ4n) is 3.47. The van der Waals surface area contributed by atoms with Gasteiger partial charge in [0.05, 0.1) is 16.3 Å². The predicted octanol–water partition coefficient (Wildman–Crippen LogP) is 5.35. The van der Waals surface area contributed by atoms with E-state index in [1.54, 1.807) is 17.4 Å². The van der Waals surface area contributed by atoms with Gasteiger partial charge in [-0.05, 0) is 36.2 Å². The summed E-state index contributed by atoms with van der Waals surface area (Å²) in [5, 5.41) is 13.1. The maximum Gasteiger partial charge on any atom is 0.186 e. The SMILES string of the molecule is Oc1cc(Cl)c2nc(N3CCc4c([nH]c5ccc(Cl)cc45)C3)sc2c1. The lowest BCUT2D eigenvalue weighted by atomic mass is 10.0. The molecule has 126 valence electrons. The Bertz CT molecular complexity index is 1130. The smallest absolute Gasteiger partial charge is 0.186 e. The van der Waals surface area contributed by atoms with E-state index in [9.17, 15) is 5.11 Å². The van der Waals surface area contributed by atoms with Gasteiger partial charge in [0.25, 0.3) is 0 Å². The Morgan fingerprint density at radius 3 is 2.96 bits per heavy atom. The molecule has 0 spiro atoms. The molecular formula is C18H13Cl2N3OS. The van der Waals surface area contributed by atoms with Crippen molar-refractivity contribution < 1.29 is 5.11 Å². The summed E-state index contributed by atoms with van der Waals surface area (Å²) in [5.74, 6) is 0.168. The molecule has 3 heterocycles. The van der Waals surface area contributed by atoms with Crippen molar-refractivity contribution in [3.8, 4) is 5.75 Å². The van der Waals surface area contributed by atoms with E-state index in [2.05, 4.69) is 14.9 Å². The van der Waals surface area contributed by atoms with Gasteiger partial charge < -0.3 is 15.0 Å². The molecular weight excluding hydrogens is 377 g/mol. The maximum absolute atomic E-state index is 9.73. The number of nitrogens with one attached hydrogen (secondary N) is 1. The molecule has 4 aromatic rings. The van der Waals surface area contributed by atoms with Gasteiger partial charge in [0.15, 0.2) is 5.13 Å². The molecule has 0 bridgehead atoms. The zero-order valence-electron chi connectivity index (χ0n) is 13.0. The minimum absolute atomic E-state index is 0.168. The van der Waals surface area contributed by atoms with Crippen molar-refractivity contribution in [2.24, 2.45) is 0 Å². The lowest BCUT2D eigenvalue weighted by Gasteiger charge is -2.26. The fraction of sp³-hybridized carbons (Fsp3) is 0.167. The molecule has 0 saturated heterocycles. The van der Waals surface area contributed by atoms with Gasteiger partial charge in [0, 0.05) is 34.2 Å². The number of phenolic OH excluding ortho intramolecular Hbond substituents is 1. The average molecular weight is 390 g/mol. The number of rotatable bonds is 1. The summed E-state index contributed by atoms with van der Waals surface area (Å²) in [5.41, 5.74) is 4.41. The number of anilines is 1. The molecule has 0 saturated carbocycles. The third-order valence-electron chi connectivity index (χ3n) is 4.63. The van der Waals surface area contributed by atoms with E-state index in [-0.39, 0.29) is 5.75 Å². The number of aromatic amines is 1. The van der Waals surface area contributed by atoms with Gasteiger partial charge in [-0.3, -0.25) is 0 Å². The van der Waals surface area contributed by atoms with Crippen LogP contribution in [0.15, 0.2) is 30.3 Å². The topological polar surface area (TPSA) is 52.2 Å². The normalized spacial score (nSPS) is 14.4. The summed E-state index contributed by atoms with van der Waals surface area (Å²) in [6.45, 7) is 1.65. The standard InChI is InChI=1S/C18H13Cl2N3OS/c19-9-1-2-14-12(5-9)11-3-4-23(8-15(11)21-14)18-22-17-13(20)6-10(24)7-16(17)25-18/h1-2,5-7,21,24H,3-4,8H2. The van der Waals surface area contributed by atoms with Crippen LogP contribution in [-0.4, -0.2) is 21.6 Å². The monoisotopic (exact) mass is 389 g/mol. The number of hydrogen-bond acceptors (Lipinski definition) is 4. The molecule has 2 aromatic heterocycles. The summed E-state index contributed by atoms with van der Waals surface area (Å²) >= 11 is 13.9. The van der Waals surface area contributed by atoms with Crippen molar-refractivity contribution in [1.82, 2.24) is 9.97 Å². The number of hydrogen-bond donors (Lipinski definition) is 2. The Balaban J connectivity index is 1.55. The Morgan fingerprint density at radius 1 is 1.20 bits per heavy atom. The molecule has 0 atom stereocenters. The van der Waals surface area contributed by atoms with E-state index in [4.69, 9.17) is 23.2 Å². The first-order valence-corrected chi connectivity index (χ1v) is 9.49. The van der Waals surface area contributed by atoms with Crippen LogP contribution in [0.2, 0.25) is 10.0 Å². The molecule has 25 heavy (non-hydrogen) atoms. The molecule has 1 aliphatic heterocycles. The molecule has 7 heteroatoms. The van der Waals surface area contributed by atoms with Crippen LogP contribution in [-0.2, 0) is 13.0 Å². The van der Waals surface area contributed by atoms with Crippen molar-refractivity contribution in [3.05, 3.63) is 51.6 Å². The van der Waals surface area contributed by atoms with Crippen LogP contribution in [0.1, 0.15) is 11.3 Å². The molecule has 4 nitrogen and oxygen atoms in total. The first-order chi connectivity index (χ1) is 12.1. The first kappa shape index (κ1) is 15.3. The number of thiazole rings is 1. The third kappa shape index (κ3) is 2.46. The van der Waals surface area contributed by atoms with Crippen LogP contribution in [0.25, 0.3) is 21.1 Å². The first-order valence-electron chi connectivity index (χ1n) is 7.91. The second-order valence-corrected chi connectivity index (χ2v) is 8.07. The van der Waals surface area contributed by atoms with Crippen LogP contribution in [0.3, 0.4) is 0 Å². The summed E-state index contributed by atoms with van der Waals surface area (Å²) in [4.78, 5) is 10.4. The number of aromatic hydroxyl groups is 1. The lowest BCUT2D eigenvalue weighted by molar-refractivity contribution is 0.476. The highest BCUT2D eigenvalue weighted by Crippen LogP contribution is 2.38. The number of aromatic nitrogens is 2. The molecule has 0 aliphatic carbocycles. The van der Waals surface area contributed by atoms with Gasteiger partial charge in [-0.1, -0.05) is 34.5 Å². The molecule has 2 N–H and O–H groups in total. The van der Waals surface area contributed by atoms with Crippen LogP contribution < -0.4 is 4.90 Å². The van der Waals surface area contributed by atoms with Crippen molar-refractivity contribution in [2.45, 2.75) is 13.0 Å². The highest BCUT2D eigenvalue weighted by molar-refractivity contribution is 7.22. The third-order valence-corrected chi connectivity index (χ3v) is 6.22. The van der Waals surface area contributed by atoms with E-state index in [1.807, 2.05) is 18.2 Å². The largest absolute Gasteiger partial charge is 0.508 e. The number of nitrogens with zero attached hydrogens (tertiary/aromatic N) is 2. The van der Waals surface area contributed by atoms with Gasteiger partial charge in [0.1, 0.15) is 11.3 Å². The quantitative estimate of drug-likeness (QED) is 0.461. The Labute approximate surface area is 157 Å². The Morgan fingerprint density at radius 2 is 2.08 bits per heavy atom. The number of benzene rings is 2. The molecule has 1 aliphatic rings. The van der Waals surface area contributed by atoms with Gasteiger partial charge in [-0.15, -0.1) is 0 Å². The van der Waals surface area contributed by atoms with E-state index in [0.717, 1.165) is 45.4 Å². The van der Waals surface area contributed by atoms with Crippen LogP contribution in [0.5, 0.6) is 5.75 Å². The molecule has 5 rings (SSSR count). The molecule has 0 unspecified atom stereocenters. The lowest BCUT2D eigenvalue weighted by Crippen LogP contribution is -2.29. The number of halogens is 2. The molecule has 0 amide bonds. The van der Waals surface area contributed by atoms with Gasteiger partial charge >= 0.3 is 0 Å². The van der Waals surface area contributed by atoms with Crippen molar-refractivity contribution in [3.63, 3.8) is 0 Å². The summed E-state index contributed by atoms with van der Waals surface area (Å²) in [7, 11) is 0. The molecule has 2 aromatic carbocycles. The highest BCUT2D eigenvalue weighted by Gasteiger charge is 2.23. The zero-order chi connectivity index (χ0) is 17.1. The van der Waals surface area contributed by atoms with Gasteiger partial charge in [0.2, 0.25) is 0 Å². The number of fused-ring (bicyclic) bond motifs is 4. The maximum atomic E-state index is 9.73. The fourth-order valence-corrected chi connectivity index (χ4v) is 5.01. The van der Waals surface area contributed by atoms with Gasteiger partial charge in [-0.2, -0.15) is 0 Å². The summed E-state index contributed by atoms with van der Waals surface area (Å²) in [6.07, 6.45) is 0.935. The van der Waals surface area contributed by atoms with Crippen molar-refractivity contribution in [1.29, 1.82) is 0 Å². The van der Waals surface area contributed by atoms with Gasteiger partial charge in [-0.25, -0.2) is 4.98 Å². The minimum atomic E-state index is 0.168. The Hall–Kier alpha value is -1.95. The highest BCUT2D eigenvalue weighted by atomic mass is 35.5.